The Morgan fingerprint density at radius 2 is 1.87 bits per heavy atom. The fourth-order valence-electron chi connectivity index (χ4n) is 1.64. The maximum Gasteiger partial charge on any atom is 0.328 e. The van der Waals surface area contributed by atoms with E-state index in [0.29, 0.717) is 13.0 Å². The van der Waals surface area contributed by atoms with Crippen molar-refractivity contribution >= 4 is 11.9 Å². The summed E-state index contributed by atoms with van der Waals surface area (Å²) < 4.78 is 0. The lowest BCUT2D eigenvalue weighted by Gasteiger charge is -2.26. The van der Waals surface area contributed by atoms with Crippen molar-refractivity contribution in [1.82, 2.24) is 15.6 Å². The second kappa shape index (κ2) is 6.23. The van der Waals surface area contributed by atoms with E-state index in [-0.39, 0.29) is 5.91 Å². The van der Waals surface area contributed by atoms with Gasteiger partial charge >= 0.3 is 6.03 Å². The first kappa shape index (κ1) is 11.8. The molecule has 0 bridgehead atoms. The van der Waals surface area contributed by atoms with Gasteiger partial charge in [-0.15, -0.1) is 0 Å². The van der Waals surface area contributed by atoms with Crippen molar-refractivity contribution in [1.29, 1.82) is 0 Å². The third kappa shape index (κ3) is 4.16. The molecule has 3 amide bonds. The minimum Gasteiger partial charge on any atom is -0.343 e. The van der Waals surface area contributed by atoms with Crippen LogP contribution in [0, 0.1) is 0 Å². The minimum atomic E-state index is -0.457. The van der Waals surface area contributed by atoms with E-state index in [1.165, 1.54) is 6.42 Å². The topological polar surface area (TPSA) is 87.5 Å². The lowest BCUT2D eigenvalue weighted by atomic mass is 10.1. The van der Waals surface area contributed by atoms with Gasteiger partial charge in [0.2, 0.25) is 5.91 Å². The van der Waals surface area contributed by atoms with Crippen LogP contribution in [0.2, 0.25) is 0 Å². The van der Waals surface area contributed by atoms with Gasteiger partial charge in [0, 0.05) is 26.1 Å². The van der Waals surface area contributed by atoms with Crippen molar-refractivity contribution in [2.75, 3.05) is 19.6 Å². The minimum absolute atomic E-state index is 0.104. The number of hydrogen-bond acceptors (Lipinski definition) is 3. The molecule has 1 aliphatic rings. The molecule has 6 nitrogen and oxygen atoms in total. The van der Waals surface area contributed by atoms with Gasteiger partial charge in [-0.25, -0.2) is 10.6 Å². The van der Waals surface area contributed by atoms with Crippen molar-refractivity contribution in [3.63, 3.8) is 0 Å². The highest BCUT2D eigenvalue weighted by Gasteiger charge is 2.15. The summed E-state index contributed by atoms with van der Waals surface area (Å²) in [7, 11) is 0. The number of nitrogens with one attached hydrogen (secondary N) is 2. The molecule has 1 aliphatic heterocycles. The Morgan fingerprint density at radius 1 is 1.20 bits per heavy atom. The van der Waals surface area contributed by atoms with Crippen LogP contribution in [0.15, 0.2) is 0 Å². The molecule has 4 N–H and O–H groups in total. The molecule has 0 saturated carbocycles. The summed E-state index contributed by atoms with van der Waals surface area (Å²) in [5.41, 5.74) is 1.94. The zero-order chi connectivity index (χ0) is 11.1. The Hall–Kier alpha value is -1.30. The van der Waals surface area contributed by atoms with Crippen molar-refractivity contribution in [2.45, 2.75) is 25.7 Å². The number of carbonyl (C=O) groups is 2. The Bertz CT molecular complexity index is 226. The molecule has 86 valence electrons. The molecule has 1 saturated heterocycles. The average molecular weight is 214 g/mol. The summed E-state index contributed by atoms with van der Waals surface area (Å²) in [6, 6.07) is -0.457. The maximum absolute atomic E-state index is 11.6. The van der Waals surface area contributed by atoms with Crippen LogP contribution in [-0.4, -0.2) is 36.5 Å². The van der Waals surface area contributed by atoms with E-state index >= 15 is 0 Å². The Kier molecular flexibility index (Phi) is 4.89. The van der Waals surface area contributed by atoms with Gasteiger partial charge in [-0.1, -0.05) is 0 Å². The third-order valence-electron chi connectivity index (χ3n) is 2.46. The molecule has 0 spiro atoms. The predicted octanol–water partition coefficient (Wildman–Crippen LogP) is -0.438. The zero-order valence-electron chi connectivity index (χ0n) is 8.79. The number of likely N-dealkylation sites (tertiary alicyclic amines) is 1. The zero-order valence-corrected chi connectivity index (χ0v) is 8.79. The number of nitrogens with zero attached hydrogens (tertiary/aromatic N) is 1. The molecule has 0 unspecified atom stereocenters. The van der Waals surface area contributed by atoms with Crippen LogP contribution in [0.1, 0.15) is 25.7 Å². The molecular formula is C9H18N4O2. The van der Waals surface area contributed by atoms with Crippen LogP contribution in [-0.2, 0) is 4.79 Å². The number of hydrazine groups is 1. The highest BCUT2D eigenvalue weighted by molar-refractivity contribution is 5.78. The summed E-state index contributed by atoms with van der Waals surface area (Å²) in [4.78, 5) is 24.1. The molecule has 0 aromatic rings. The largest absolute Gasteiger partial charge is 0.343 e. The predicted molar refractivity (Wildman–Crippen MR) is 55.8 cm³/mol. The first-order valence-electron chi connectivity index (χ1n) is 5.26. The molecule has 6 heteroatoms. The maximum atomic E-state index is 11.6. The molecular weight excluding hydrogens is 196 g/mol. The average Bonchev–Trinajstić information content (AvgIpc) is 2.29. The number of urea groups is 1. The Balaban J connectivity index is 2.14. The molecule has 0 aromatic carbocycles. The summed E-state index contributed by atoms with van der Waals surface area (Å²) in [5, 5.41) is 2.48. The Morgan fingerprint density at radius 3 is 2.47 bits per heavy atom. The van der Waals surface area contributed by atoms with Crippen LogP contribution in [0.4, 0.5) is 4.79 Å². The van der Waals surface area contributed by atoms with E-state index in [1.54, 1.807) is 0 Å². The highest BCUT2D eigenvalue weighted by atomic mass is 16.2. The summed E-state index contributed by atoms with van der Waals surface area (Å²) in [5.74, 6) is 4.98. The monoisotopic (exact) mass is 214 g/mol. The van der Waals surface area contributed by atoms with Gasteiger partial charge in [-0.3, -0.25) is 10.2 Å². The van der Waals surface area contributed by atoms with Crippen molar-refractivity contribution in [2.24, 2.45) is 5.84 Å². The van der Waals surface area contributed by atoms with Crippen LogP contribution < -0.4 is 16.6 Å². The summed E-state index contributed by atoms with van der Waals surface area (Å²) in [6.45, 7) is 2.03. The molecule has 0 aromatic heterocycles. The molecule has 1 fully saturated rings. The van der Waals surface area contributed by atoms with Gasteiger partial charge in [-0.05, 0) is 19.3 Å². The lowest BCUT2D eigenvalue weighted by Crippen LogP contribution is -2.42. The van der Waals surface area contributed by atoms with E-state index in [4.69, 9.17) is 5.84 Å². The van der Waals surface area contributed by atoms with Crippen molar-refractivity contribution in [3.8, 4) is 0 Å². The fourth-order valence-corrected chi connectivity index (χ4v) is 1.64. The fraction of sp³-hybridized carbons (Fsp3) is 0.778. The first-order chi connectivity index (χ1) is 7.24. The van der Waals surface area contributed by atoms with E-state index in [1.807, 2.05) is 10.3 Å². The molecule has 15 heavy (non-hydrogen) atoms. The molecule has 0 aliphatic carbocycles. The van der Waals surface area contributed by atoms with Gasteiger partial charge in [0.05, 0.1) is 0 Å². The van der Waals surface area contributed by atoms with Crippen LogP contribution in [0.3, 0.4) is 0 Å². The molecule has 0 atom stereocenters. The van der Waals surface area contributed by atoms with E-state index < -0.39 is 6.03 Å². The second-order valence-electron chi connectivity index (χ2n) is 3.59. The number of nitrogens with two attached hydrogens (primary N) is 1. The van der Waals surface area contributed by atoms with Crippen LogP contribution >= 0.6 is 0 Å². The standard InChI is InChI=1S/C9H18N4O2/c10-12-9(15)11-5-4-8(14)13-6-2-1-3-7-13/h1-7,10H2,(H2,11,12,15). The van der Waals surface area contributed by atoms with Crippen molar-refractivity contribution < 1.29 is 9.59 Å². The summed E-state index contributed by atoms with van der Waals surface area (Å²) in [6.07, 6.45) is 3.72. The van der Waals surface area contributed by atoms with E-state index in [2.05, 4.69) is 5.32 Å². The second-order valence-corrected chi connectivity index (χ2v) is 3.59. The number of amides is 3. The van der Waals surface area contributed by atoms with Crippen LogP contribution in [0.25, 0.3) is 0 Å². The van der Waals surface area contributed by atoms with E-state index in [9.17, 15) is 9.59 Å². The molecule has 1 heterocycles. The quantitative estimate of drug-likeness (QED) is 0.338. The normalized spacial score (nSPS) is 15.9. The lowest BCUT2D eigenvalue weighted by molar-refractivity contribution is -0.131. The smallest absolute Gasteiger partial charge is 0.328 e. The summed E-state index contributed by atoms with van der Waals surface area (Å²) >= 11 is 0. The molecule has 1 rings (SSSR count). The van der Waals surface area contributed by atoms with Gasteiger partial charge in [-0.2, -0.15) is 0 Å². The highest BCUT2D eigenvalue weighted by Crippen LogP contribution is 2.09. The third-order valence-corrected chi connectivity index (χ3v) is 2.46. The van der Waals surface area contributed by atoms with Gasteiger partial charge in [0.25, 0.3) is 0 Å². The van der Waals surface area contributed by atoms with Crippen molar-refractivity contribution in [3.05, 3.63) is 0 Å². The van der Waals surface area contributed by atoms with Gasteiger partial charge in [0.1, 0.15) is 0 Å². The Labute approximate surface area is 89.1 Å². The number of piperidine rings is 1. The van der Waals surface area contributed by atoms with Gasteiger partial charge in [0.15, 0.2) is 0 Å². The number of carbonyl (C=O) groups excluding carboxylic acids is 2. The SMILES string of the molecule is NNC(=O)NCCC(=O)N1CCCCC1. The van der Waals surface area contributed by atoms with E-state index in [0.717, 1.165) is 25.9 Å². The van der Waals surface area contributed by atoms with Gasteiger partial charge < -0.3 is 10.2 Å². The number of hydrogen-bond donors (Lipinski definition) is 3. The van der Waals surface area contributed by atoms with Crippen LogP contribution in [0.5, 0.6) is 0 Å². The number of rotatable bonds is 3. The molecule has 0 radical (unpaired) electrons. The first-order valence-corrected chi connectivity index (χ1v) is 5.26.